The Morgan fingerprint density at radius 2 is 2.15 bits per heavy atom. The SMILES string of the molecule is CNC(=O)c1ccc([C@@H]2CCCCN2Cc2cc(C#N)ccc2F)n1C. The molecule has 1 aromatic carbocycles. The van der Waals surface area contributed by atoms with E-state index in [4.69, 9.17) is 5.26 Å². The van der Waals surface area contributed by atoms with Crippen molar-refractivity contribution in [3.05, 3.63) is 58.7 Å². The zero-order valence-corrected chi connectivity index (χ0v) is 15.1. The molecule has 0 radical (unpaired) electrons. The Balaban J connectivity index is 1.89. The van der Waals surface area contributed by atoms with Crippen molar-refractivity contribution in [1.29, 1.82) is 5.26 Å². The number of piperidine rings is 1. The van der Waals surface area contributed by atoms with E-state index in [9.17, 15) is 9.18 Å². The van der Waals surface area contributed by atoms with E-state index in [-0.39, 0.29) is 17.8 Å². The van der Waals surface area contributed by atoms with Crippen molar-refractivity contribution in [1.82, 2.24) is 14.8 Å². The number of benzene rings is 1. The van der Waals surface area contributed by atoms with E-state index in [1.807, 2.05) is 23.7 Å². The topological polar surface area (TPSA) is 61.1 Å². The molecule has 1 aromatic heterocycles. The summed E-state index contributed by atoms with van der Waals surface area (Å²) in [7, 11) is 3.51. The summed E-state index contributed by atoms with van der Waals surface area (Å²) >= 11 is 0. The maximum atomic E-state index is 14.2. The van der Waals surface area contributed by atoms with Crippen molar-refractivity contribution >= 4 is 5.91 Å². The summed E-state index contributed by atoms with van der Waals surface area (Å²) in [5.74, 6) is -0.403. The molecule has 0 bridgehead atoms. The second-order valence-electron chi connectivity index (χ2n) is 6.68. The third-order valence-electron chi connectivity index (χ3n) is 5.12. The predicted molar refractivity (Wildman–Crippen MR) is 96.9 cm³/mol. The molecule has 0 unspecified atom stereocenters. The van der Waals surface area contributed by atoms with E-state index in [0.29, 0.717) is 23.4 Å². The van der Waals surface area contributed by atoms with E-state index in [2.05, 4.69) is 16.3 Å². The highest BCUT2D eigenvalue weighted by Gasteiger charge is 2.28. The van der Waals surface area contributed by atoms with Gasteiger partial charge in [-0.15, -0.1) is 0 Å². The summed E-state index contributed by atoms with van der Waals surface area (Å²) in [6.45, 7) is 1.31. The molecule has 1 aliphatic heterocycles. The summed E-state index contributed by atoms with van der Waals surface area (Å²) < 4.78 is 16.2. The van der Waals surface area contributed by atoms with Gasteiger partial charge in [0.05, 0.1) is 17.7 Å². The van der Waals surface area contributed by atoms with E-state index in [0.717, 1.165) is 31.5 Å². The Kier molecular flexibility index (Phi) is 5.38. The first-order chi connectivity index (χ1) is 12.5. The number of aromatic nitrogens is 1. The lowest BCUT2D eigenvalue weighted by atomic mass is 9.98. The van der Waals surface area contributed by atoms with Gasteiger partial charge >= 0.3 is 0 Å². The Labute approximate surface area is 153 Å². The van der Waals surface area contributed by atoms with Gasteiger partial charge < -0.3 is 9.88 Å². The van der Waals surface area contributed by atoms with Gasteiger partial charge in [0.15, 0.2) is 0 Å². The van der Waals surface area contributed by atoms with Crippen molar-refractivity contribution in [2.75, 3.05) is 13.6 Å². The summed E-state index contributed by atoms with van der Waals surface area (Å²) in [4.78, 5) is 14.2. The number of likely N-dealkylation sites (tertiary alicyclic amines) is 1. The first-order valence-electron chi connectivity index (χ1n) is 8.85. The second-order valence-corrected chi connectivity index (χ2v) is 6.68. The molecule has 1 amide bonds. The molecular weight excluding hydrogens is 331 g/mol. The number of hydrogen-bond acceptors (Lipinski definition) is 3. The lowest BCUT2D eigenvalue weighted by molar-refractivity contribution is 0.0952. The Morgan fingerprint density at radius 1 is 1.35 bits per heavy atom. The second kappa shape index (κ2) is 7.71. The van der Waals surface area contributed by atoms with Crippen LogP contribution in [0, 0.1) is 17.1 Å². The Bertz CT molecular complexity index is 852. The fourth-order valence-electron chi connectivity index (χ4n) is 3.72. The molecule has 1 saturated heterocycles. The molecule has 6 heteroatoms. The standard InChI is InChI=1S/C20H23FN4O/c1-23-20(26)19-9-8-17(24(19)2)18-5-3-4-10-25(18)13-15-11-14(12-22)6-7-16(15)21/h6-9,11,18H,3-5,10,13H2,1-2H3,(H,23,26)/t18-/m0/s1. The van der Waals surface area contributed by atoms with Crippen LogP contribution in [0.2, 0.25) is 0 Å². The molecule has 1 N–H and O–H groups in total. The van der Waals surface area contributed by atoms with Gasteiger partial charge in [0.1, 0.15) is 11.5 Å². The van der Waals surface area contributed by atoms with Crippen molar-refractivity contribution in [2.45, 2.75) is 31.8 Å². The quantitative estimate of drug-likeness (QED) is 0.918. The molecular formula is C20H23FN4O. The number of rotatable bonds is 4. The molecule has 1 aliphatic rings. The molecule has 3 rings (SSSR count). The van der Waals surface area contributed by atoms with Crippen LogP contribution in [-0.4, -0.2) is 29.0 Å². The third kappa shape index (κ3) is 3.49. The molecule has 1 atom stereocenters. The maximum Gasteiger partial charge on any atom is 0.267 e. The molecule has 0 spiro atoms. The van der Waals surface area contributed by atoms with Crippen LogP contribution in [-0.2, 0) is 13.6 Å². The summed E-state index contributed by atoms with van der Waals surface area (Å²) in [5.41, 5.74) is 2.68. The van der Waals surface area contributed by atoms with Gasteiger partial charge in [0.2, 0.25) is 0 Å². The largest absolute Gasteiger partial charge is 0.354 e. The predicted octanol–water partition coefficient (Wildman–Crippen LogP) is 3.12. The van der Waals surface area contributed by atoms with Crippen LogP contribution < -0.4 is 5.32 Å². The first-order valence-corrected chi connectivity index (χ1v) is 8.85. The summed E-state index contributed by atoms with van der Waals surface area (Å²) in [6, 6.07) is 10.5. The summed E-state index contributed by atoms with van der Waals surface area (Å²) in [6.07, 6.45) is 3.12. The molecule has 2 aromatic rings. The Hall–Kier alpha value is -2.65. The fourth-order valence-corrected chi connectivity index (χ4v) is 3.72. The monoisotopic (exact) mass is 354 g/mol. The van der Waals surface area contributed by atoms with Crippen molar-refractivity contribution in [2.24, 2.45) is 7.05 Å². The molecule has 2 heterocycles. The molecule has 5 nitrogen and oxygen atoms in total. The average Bonchev–Trinajstić information content (AvgIpc) is 3.04. The van der Waals surface area contributed by atoms with Gasteiger partial charge in [-0.3, -0.25) is 9.69 Å². The van der Waals surface area contributed by atoms with Gasteiger partial charge in [0, 0.05) is 31.9 Å². The number of carbonyl (C=O) groups excluding carboxylic acids is 1. The normalized spacial score (nSPS) is 17.7. The van der Waals surface area contributed by atoms with Crippen LogP contribution in [0.15, 0.2) is 30.3 Å². The van der Waals surface area contributed by atoms with Crippen LogP contribution in [0.4, 0.5) is 4.39 Å². The van der Waals surface area contributed by atoms with Crippen LogP contribution in [0.5, 0.6) is 0 Å². The molecule has 1 fully saturated rings. The average molecular weight is 354 g/mol. The summed E-state index contributed by atoms with van der Waals surface area (Å²) in [5, 5.41) is 11.7. The lowest BCUT2D eigenvalue weighted by Gasteiger charge is -2.36. The van der Waals surface area contributed by atoms with Crippen LogP contribution in [0.25, 0.3) is 0 Å². The number of nitrogens with zero attached hydrogens (tertiary/aromatic N) is 3. The van der Waals surface area contributed by atoms with Crippen molar-refractivity contribution < 1.29 is 9.18 Å². The van der Waals surface area contributed by atoms with E-state index in [1.165, 1.54) is 12.1 Å². The molecule has 0 saturated carbocycles. The van der Waals surface area contributed by atoms with Gasteiger partial charge in [0.25, 0.3) is 5.91 Å². The number of nitriles is 1. The fraction of sp³-hybridized carbons (Fsp3) is 0.400. The molecule has 26 heavy (non-hydrogen) atoms. The highest BCUT2D eigenvalue weighted by molar-refractivity contribution is 5.92. The highest BCUT2D eigenvalue weighted by Crippen LogP contribution is 2.33. The van der Waals surface area contributed by atoms with Gasteiger partial charge in [-0.1, -0.05) is 6.42 Å². The minimum Gasteiger partial charge on any atom is -0.354 e. The zero-order valence-electron chi connectivity index (χ0n) is 15.1. The molecule has 136 valence electrons. The van der Waals surface area contributed by atoms with Gasteiger partial charge in [-0.2, -0.15) is 5.26 Å². The minimum atomic E-state index is -0.286. The number of hydrogen-bond donors (Lipinski definition) is 1. The maximum absolute atomic E-state index is 14.2. The number of nitrogens with one attached hydrogen (secondary N) is 1. The van der Waals surface area contributed by atoms with Crippen LogP contribution >= 0.6 is 0 Å². The highest BCUT2D eigenvalue weighted by atomic mass is 19.1. The van der Waals surface area contributed by atoms with Gasteiger partial charge in [-0.05, 0) is 49.7 Å². The number of halogens is 1. The Morgan fingerprint density at radius 3 is 2.88 bits per heavy atom. The lowest BCUT2D eigenvalue weighted by Crippen LogP contribution is -2.34. The van der Waals surface area contributed by atoms with Crippen LogP contribution in [0.3, 0.4) is 0 Å². The minimum absolute atomic E-state index is 0.117. The number of amides is 1. The van der Waals surface area contributed by atoms with Gasteiger partial charge in [-0.25, -0.2) is 4.39 Å². The zero-order chi connectivity index (χ0) is 18.7. The van der Waals surface area contributed by atoms with E-state index < -0.39 is 0 Å². The smallest absolute Gasteiger partial charge is 0.267 e. The first kappa shape index (κ1) is 18.2. The van der Waals surface area contributed by atoms with E-state index in [1.54, 1.807) is 13.1 Å². The van der Waals surface area contributed by atoms with Crippen LogP contribution in [0.1, 0.15) is 52.6 Å². The van der Waals surface area contributed by atoms with Crippen molar-refractivity contribution in [3.63, 3.8) is 0 Å². The van der Waals surface area contributed by atoms with Crippen molar-refractivity contribution in [3.8, 4) is 6.07 Å². The third-order valence-corrected chi connectivity index (χ3v) is 5.12. The van der Waals surface area contributed by atoms with E-state index >= 15 is 0 Å². The number of carbonyl (C=O) groups is 1. The molecule has 0 aliphatic carbocycles.